The lowest BCUT2D eigenvalue weighted by Crippen LogP contribution is -2.56. The fourth-order valence-electron chi connectivity index (χ4n) is 2.48. The minimum absolute atomic E-state index is 0.314. The van der Waals surface area contributed by atoms with Crippen LogP contribution in [0.3, 0.4) is 0 Å². The molecule has 1 aromatic rings. The van der Waals surface area contributed by atoms with E-state index in [1.165, 1.54) is 19.3 Å². The molecule has 0 radical (unpaired) electrons. The topological polar surface area (TPSA) is 52.0 Å². The number of nitrogens with one attached hydrogen (secondary N) is 1. The number of hydrogen-bond acceptors (Lipinski definition) is 4. The molecular weight excluding hydrogens is 224 g/mol. The van der Waals surface area contributed by atoms with Gasteiger partial charge in [0.1, 0.15) is 11.8 Å². The Kier molecular flexibility index (Phi) is 3.95. The summed E-state index contributed by atoms with van der Waals surface area (Å²) in [7, 11) is 4.29. The smallest absolute Gasteiger partial charge is 0.144 e. The van der Waals surface area contributed by atoms with Gasteiger partial charge in [0.15, 0.2) is 0 Å². The number of rotatable bonds is 5. The minimum Gasteiger partial charge on any atom is -0.311 e. The van der Waals surface area contributed by atoms with Crippen LogP contribution in [0.15, 0.2) is 18.3 Å². The van der Waals surface area contributed by atoms with Gasteiger partial charge in [0.2, 0.25) is 0 Å². The molecule has 2 rings (SSSR count). The van der Waals surface area contributed by atoms with Crippen molar-refractivity contribution >= 4 is 0 Å². The monoisotopic (exact) mass is 244 g/mol. The van der Waals surface area contributed by atoms with Crippen molar-refractivity contribution in [1.29, 1.82) is 5.26 Å². The van der Waals surface area contributed by atoms with Crippen LogP contribution in [-0.4, -0.2) is 36.1 Å². The van der Waals surface area contributed by atoms with Crippen molar-refractivity contribution in [1.82, 2.24) is 15.2 Å². The van der Waals surface area contributed by atoms with E-state index < -0.39 is 0 Å². The summed E-state index contributed by atoms with van der Waals surface area (Å²) in [4.78, 5) is 6.39. The van der Waals surface area contributed by atoms with Crippen LogP contribution in [0.1, 0.15) is 30.5 Å². The van der Waals surface area contributed by atoms with Crippen molar-refractivity contribution < 1.29 is 0 Å². The highest BCUT2D eigenvalue weighted by molar-refractivity contribution is 5.30. The first-order valence-electron chi connectivity index (χ1n) is 6.40. The first-order chi connectivity index (χ1) is 8.68. The molecule has 1 N–H and O–H groups in total. The van der Waals surface area contributed by atoms with Crippen molar-refractivity contribution in [2.75, 3.05) is 20.6 Å². The average Bonchev–Trinajstić information content (AvgIpc) is 2.32. The van der Waals surface area contributed by atoms with Gasteiger partial charge in [0, 0.05) is 30.4 Å². The Balaban J connectivity index is 1.91. The molecular formula is C14H20N4. The van der Waals surface area contributed by atoms with Gasteiger partial charge in [-0.3, -0.25) is 0 Å². The zero-order chi connectivity index (χ0) is 13.0. The SMILES string of the molecule is CN(C)C1(CNCc2cccnc2C#N)CCC1. The van der Waals surface area contributed by atoms with Crippen molar-refractivity contribution in [2.24, 2.45) is 0 Å². The van der Waals surface area contributed by atoms with E-state index in [2.05, 4.69) is 35.4 Å². The molecule has 1 aliphatic rings. The van der Waals surface area contributed by atoms with Crippen molar-refractivity contribution in [3.05, 3.63) is 29.6 Å². The van der Waals surface area contributed by atoms with Crippen molar-refractivity contribution in [3.63, 3.8) is 0 Å². The second-order valence-electron chi connectivity index (χ2n) is 5.20. The van der Waals surface area contributed by atoms with Crippen LogP contribution in [0.25, 0.3) is 0 Å². The molecule has 0 amide bonds. The Morgan fingerprint density at radius 1 is 1.50 bits per heavy atom. The van der Waals surface area contributed by atoms with Gasteiger partial charge in [-0.2, -0.15) is 5.26 Å². The molecule has 18 heavy (non-hydrogen) atoms. The number of aromatic nitrogens is 1. The Labute approximate surface area is 109 Å². The summed E-state index contributed by atoms with van der Waals surface area (Å²) in [6.45, 7) is 1.69. The lowest BCUT2D eigenvalue weighted by atomic mass is 9.75. The third kappa shape index (κ3) is 2.53. The normalized spacial score (nSPS) is 17.2. The summed E-state index contributed by atoms with van der Waals surface area (Å²) >= 11 is 0. The lowest BCUT2D eigenvalue weighted by molar-refractivity contribution is 0.0598. The van der Waals surface area contributed by atoms with E-state index in [-0.39, 0.29) is 0 Å². The maximum atomic E-state index is 8.97. The van der Waals surface area contributed by atoms with E-state index in [9.17, 15) is 0 Å². The first kappa shape index (κ1) is 13.0. The number of nitrogens with zero attached hydrogens (tertiary/aromatic N) is 3. The van der Waals surface area contributed by atoms with E-state index in [4.69, 9.17) is 5.26 Å². The molecule has 4 heteroatoms. The largest absolute Gasteiger partial charge is 0.311 e. The zero-order valence-electron chi connectivity index (χ0n) is 11.1. The number of pyridine rings is 1. The Morgan fingerprint density at radius 2 is 2.28 bits per heavy atom. The van der Waals surface area contributed by atoms with Crippen LogP contribution in [0.2, 0.25) is 0 Å². The van der Waals surface area contributed by atoms with Gasteiger partial charge in [0.25, 0.3) is 0 Å². The molecule has 1 fully saturated rings. The summed E-state index contributed by atoms with van der Waals surface area (Å²) in [5, 5.41) is 12.4. The lowest BCUT2D eigenvalue weighted by Gasteiger charge is -2.47. The maximum Gasteiger partial charge on any atom is 0.144 e. The number of nitriles is 1. The summed E-state index contributed by atoms with van der Waals surface area (Å²) in [6, 6.07) is 5.97. The fourth-order valence-corrected chi connectivity index (χ4v) is 2.48. The first-order valence-corrected chi connectivity index (χ1v) is 6.40. The molecule has 1 heterocycles. The highest BCUT2D eigenvalue weighted by Crippen LogP contribution is 2.35. The molecule has 1 aromatic heterocycles. The number of hydrogen-bond donors (Lipinski definition) is 1. The third-order valence-corrected chi connectivity index (χ3v) is 4.00. The molecule has 4 nitrogen and oxygen atoms in total. The average molecular weight is 244 g/mol. The van der Waals surface area contributed by atoms with E-state index in [1.807, 2.05) is 12.1 Å². The van der Waals surface area contributed by atoms with Crippen molar-refractivity contribution in [3.8, 4) is 6.07 Å². The summed E-state index contributed by atoms with van der Waals surface area (Å²) < 4.78 is 0. The quantitative estimate of drug-likeness (QED) is 0.853. The number of likely N-dealkylation sites (N-methyl/N-ethyl adjacent to an activating group) is 1. The molecule has 0 unspecified atom stereocenters. The van der Waals surface area contributed by atoms with Crippen LogP contribution < -0.4 is 5.32 Å². The second-order valence-corrected chi connectivity index (χ2v) is 5.20. The Morgan fingerprint density at radius 3 is 2.83 bits per heavy atom. The third-order valence-electron chi connectivity index (χ3n) is 4.00. The van der Waals surface area contributed by atoms with Crippen LogP contribution in [0.5, 0.6) is 0 Å². The molecule has 0 spiro atoms. The van der Waals surface area contributed by atoms with Crippen LogP contribution >= 0.6 is 0 Å². The van der Waals surface area contributed by atoms with Gasteiger partial charge in [-0.05, 0) is 39.4 Å². The van der Waals surface area contributed by atoms with E-state index in [1.54, 1.807) is 6.20 Å². The predicted octanol–water partition coefficient (Wildman–Crippen LogP) is 1.53. The standard InChI is InChI=1S/C14H20N4/c1-18(2)14(6-4-7-14)11-16-10-12-5-3-8-17-13(12)9-15/h3,5,8,16H,4,6-7,10-11H2,1-2H3. The summed E-state index contributed by atoms with van der Waals surface area (Å²) in [6.07, 6.45) is 5.49. The predicted molar refractivity (Wildman–Crippen MR) is 70.9 cm³/mol. The van der Waals surface area contributed by atoms with Gasteiger partial charge in [-0.1, -0.05) is 6.07 Å². The van der Waals surface area contributed by atoms with Crippen LogP contribution in [0, 0.1) is 11.3 Å². The molecule has 96 valence electrons. The van der Waals surface area contributed by atoms with Gasteiger partial charge >= 0.3 is 0 Å². The molecule has 0 saturated heterocycles. The fraction of sp³-hybridized carbons (Fsp3) is 0.571. The Hall–Kier alpha value is -1.44. The van der Waals surface area contributed by atoms with Crippen LogP contribution in [-0.2, 0) is 6.54 Å². The van der Waals surface area contributed by atoms with Gasteiger partial charge in [-0.15, -0.1) is 0 Å². The van der Waals surface area contributed by atoms with Crippen molar-refractivity contribution in [2.45, 2.75) is 31.3 Å². The summed E-state index contributed by atoms with van der Waals surface area (Å²) in [5.74, 6) is 0. The molecule has 1 aliphatic carbocycles. The van der Waals surface area contributed by atoms with E-state index in [0.29, 0.717) is 17.8 Å². The summed E-state index contributed by atoms with van der Waals surface area (Å²) in [5.41, 5.74) is 1.82. The van der Waals surface area contributed by atoms with E-state index in [0.717, 1.165) is 12.1 Å². The molecule has 0 aliphatic heterocycles. The van der Waals surface area contributed by atoms with Gasteiger partial charge < -0.3 is 10.2 Å². The second kappa shape index (κ2) is 5.47. The maximum absolute atomic E-state index is 8.97. The van der Waals surface area contributed by atoms with Crippen LogP contribution in [0.4, 0.5) is 0 Å². The minimum atomic E-state index is 0.314. The highest BCUT2D eigenvalue weighted by atomic mass is 15.2. The van der Waals surface area contributed by atoms with Gasteiger partial charge in [0.05, 0.1) is 0 Å². The Bertz CT molecular complexity index is 443. The molecule has 1 saturated carbocycles. The van der Waals surface area contributed by atoms with Gasteiger partial charge in [-0.25, -0.2) is 4.98 Å². The highest BCUT2D eigenvalue weighted by Gasteiger charge is 2.38. The molecule has 0 aromatic carbocycles. The van der Waals surface area contributed by atoms with E-state index >= 15 is 0 Å². The molecule has 0 bridgehead atoms. The zero-order valence-corrected chi connectivity index (χ0v) is 11.1. The molecule has 0 atom stereocenters.